The van der Waals surface area contributed by atoms with Crippen molar-refractivity contribution >= 4 is 6.08 Å². The molecular formula is C15H24N2. The molecule has 0 aromatic carbocycles. The molecule has 2 nitrogen and oxygen atoms in total. The van der Waals surface area contributed by atoms with Crippen molar-refractivity contribution in [3.05, 3.63) is 35.2 Å². The van der Waals surface area contributed by atoms with Crippen LogP contribution < -0.4 is 5.32 Å². The predicted octanol–water partition coefficient (Wildman–Crippen LogP) is 3.43. The van der Waals surface area contributed by atoms with Crippen molar-refractivity contribution in [2.45, 2.75) is 40.7 Å². The molecule has 0 amide bonds. The van der Waals surface area contributed by atoms with Gasteiger partial charge in [0.1, 0.15) is 0 Å². The fourth-order valence-corrected chi connectivity index (χ4v) is 1.52. The second kappa shape index (κ2) is 6.55. The Balaban J connectivity index is 2.78. The number of nitrogens with one attached hydrogen (secondary N) is 1. The molecule has 1 aromatic heterocycles. The van der Waals surface area contributed by atoms with Crippen LogP contribution in [0.4, 0.5) is 0 Å². The molecule has 1 rings (SSSR count). The van der Waals surface area contributed by atoms with Gasteiger partial charge in [0, 0.05) is 24.5 Å². The van der Waals surface area contributed by atoms with Gasteiger partial charge in [-0.05, 0) is 24.5 Å². The van der Waals surface area contributed by atoms with Crippen LogP contribution in [0, 0.1) is 12.8 Å². The van der Waals surface area contributed by atoms with E-state index in [0.29, 0.717) is 12.0 Å². The van der Waals surface area contributed by atoms with Gasteiger partial charge in [-0.3, -0.25) is 4.98 Å². The predicted molar refractivity (Wildman–Crippen MR) is 74.9 cm³/mol. The first-order chi connectivity index (χ1) is 7.99. The van der Waals surface area contributed by atoms with Gasteiger partial charge in [-0.2, -0.15) is 0 Å². The van der Waals surface area contributed by atoms with Gasteiger partial charge in [-0.1, -0.05) is 45.4 Å². The molecule has 94 valence electrons. The number of hydrogen-bond acceptors (Lipinski definition) is 2. The molecule has 0 saturated carbocycles. The molecule has 0 fully saturated rings. The highest BCUT2D eigenvalue weighted by Gasteiger charge is 2.04. The summed E-state index contributed by atoms with van der Waals surface area (Å²) >= 11 is 0. The summed E-state index contributed by atoms with van der Waals surface area (Å²) in [4.78, 5) is 4.32. The van der Waals surface area contributed by atoms with E-state index in [0.717, 1.165) is 12.2 Å². The van der Waals surface area contributed by atoms with E-state index >= 15 is 0 Å². The minimum Gasteiger partial charge on any atom is -0.311 e. The van der Waals surface area contributed by atoms with Crippen molar-refractivity contribution in [2.24, 2.45) is 5.92 Å². The van der Waals surface area contributed by atoms with E-state index in [1.54, 1.807) is 0 Å². The highest BCUT2D eigenvalue weighted by Crippen LogP contribution is 2.14. The Kier molecular flexibility index (Phi) is 5.36. The Hall–Kier alpha value is -1.15. The molecule has 1 N–H and O–H groups in total. The van der Waals surface area contributed by atoms with E-state index < -0.39 is 0 Å². The van der Waals surface area contributed by atoms with E-state index in [2.05, 4.69) is 56.2 Å². The summed E-state index contributed by atoms with van der Waals surface area (Å²) in [5.74, 6) is 0.558. The van der Waals surface area contributed by atoms with Crippen LogP contribution in [-0.4, -0.2) is 17.6 Å². The van der Waals surface area contributed by atoms with E-state index in [1.165, 1.54) is 11.1 Å². The molecule has 1 aromatic rings. The Morgan fingerprint density at radius 1 is 1.29 bits per heavy atom. The zero-order valence-electron chi connectivity index (χ0n) is 11.6. The molecule has 0 atom stereocenters. The summed E-state index contributed by atoms with van der Waals surface area (Å²) in [6.45, 7) is 11.8. The average molecular weight is 232 g/mol. The van der Waals surface area contributed by atoms with Crippen LogP contribution in [0.1, 0.15) is 39.0 Å². The van der Waals surface area contributed by atoms with Gasteiger partial charge in [0.05, 0.1) is 0 Å². The highest BCUT2D eigenvalue weighted by molar-refractivity contribution is 5.52. The minimum absolute atomic E-state index is 0.522. The maximum absolute atomic E-state index is 4.32. The van der Waals surface area contributed by atoms with Crippen LogP contribution in [0.15, 0.2) is 23.9 Å². The van der Waals surface area contributed by atoms with Crippen molar-refractivity contribution in [3.63, 3.8) is 0 Å². The summed E-state index contributed by atoms with van der Waals surface area (Å²) in [6.07, 6.45) is 4.18. The number of pyridine rings is 1. The molecule has 0 radical (unpaired) electrons. The van der Waals surface area contributed by atoms with Gasteiger partial charge >= 0.3 is 0 Å². The molecule has 2 heteroatoms. The first kappa shape index (κ1) is 13.9. The van der Waals surface area contributed by atoms with Crippen LogP contribution in [0.3, 0.4) is 0 Å². The molecule has 0 aliphatic heterocycles. The Labute approximate surface area is 105 Å². The summed E-state index contributed by atoms with van der Waals surface area (Å²) in [6, 6.07) is 4.70. The zero-order valence-corrected chi connectivity index (χ0v) is 11.6. The van der Waals surface area contributed by atoms with Crippen LogP contribution in [0.25, 0.3) is 6.08 Å². The van der Waals surface area contributed by atoms with Crippen LogP contribution in [0.5, 0.6) is 0 Å². The summed E-state index contributed by atoms with van der Waals surface area (Å²) < 4.78 is 0. The lowest BCUT2D eigenvalue weighted by molar-refractivity contribution is 0.593. The number of aryl methyl sites for hydroxylation is 1. The van der Waals surface area contributed by atoms with Crippen LogP contribution >= 0.6 is 0 Å². The maximum atomic E-state index is 4.32. The second-order valence-electron chi connectivity index (χ2n) is 5.14. The summed E-state index contributed by atoms with van der Waals surface area (Å²) in [5, 5.41) is 3.47. The minimum atomic E-state index is 0.522. The fraction of sp³-hybridized carbons (Fsp3) is 0.533. The van der Waals surface area contributed by atoms with Gasteiger partial charge < -0.3 is 5.32 Å². The Morgan fingerprint density at radius 2 is 2.00 bits per heavy atom. The second-order valence-corrected chi connectivity index (χ2v) is 5.14. The smallest absolute Gasteiger partial charge is 0.0373 e. The van der Waals surface area contributed by atoms with Crippen molar-refractivity contribution in [1.82, 2.24) is 10.3 Å². The van der Waals surface area contributed by atoms with Crippen molar-refractivity contribution in [2.75, 3.05) is 6.54 Å². The van der Waals surface area contributed by atoms with Gasteiger partial charge in [-0.25, -0.2) is 0 Å². The lowest BCUT2D eigenvalue weighted by Gasteiger charge is -2.15. The Bertz CT molecular complexity index is 361. The highest BCUT2D eigenvalue weighted by atomic mass is 14.9. The first-order valence-corrected chi connectivity index (χ1v) is 6.35. The third-order valence-corrected chi connectivity index (χ3v) is 2.74. The monoisotopic (exact) mass is 232 g/mol. The summed E-state index contributed by atoms with van der Waals surface area (Å²) in [5.41, 5.74) is 3.67. The van der Waals surface area contributed by atoms with Crippen molar-refractivity contribution < 1.29 is 0 Å². The SMILES string of the molecule is Cc1ccc(/C=C(/CNC(C)C)C(C)C)cn1. The topological polar surface area (TPSA) is 24.9 Å². The lowest BCUT2D eigenvalue weighted by Crippen LogP contribution is -2.26. The largest absolute Gasteiger partial charge is 0.311 e. The molecule has 0 bridgehead atoms. The molecule has 0 aliphatic carbocycles. The zero-order chi connectivity index (χ0) is 12.8. The lowest BCUT2D eigenvalue weighted by atomic mass is 10.0. The molecular weight excluding hydrogens is 208 g/mol. The van der Waals surface area contributed by atoms with E-state index in [9.17, 15) is 0 Å². The van der Waals surface area contributed by atoms with E-state index in [1.807, 2.05) is 13.1 Å². The molecule has 0 spiro atoms. The quantitative estimate of drug-likeness (QED) is 0.841. The number of aromatic nitrogens is 1. The number of rotatable bonds is 5. The Morgan fingerprint density at radius 3 is 2.47 bits per heavy atom. The first-order valence-electron chi connectivity index (χ1n) is 6.35. The van der Waals surface area contributed by atoms with E-state index in [4.69, 9.17) is 0 Å². The van der Waals surface area contributed by atoms with Crippen LogP contribution in [0.2, 0.25) is 0 Å². The van der Waals surface area contributed by atoms with Gasteiger partial charge in [-0.15, -0.1) is 0 Å². The van der Waals surface area contributed by atoms with Gasteiger partial charge in [0.25, 0.3) is 0 Å². The molecule has 0 saturated heterocycles. The number of nitrogens with zero attached hydrogens (tertiary/aromatic N) is 1. The standard InChI is InChI=1S/C15H24N2/c1-11(2)15(10-16-12(3)4)8-14-7-6-13(5)17-9-14/h6-9,11-12,16H,10H2,1-5H3/b15-8-. The summed E-state index contributed by atoms with van der Waals surface area (Å²) in [7, 11) is 0. The fourth-order valence-electron chi connectivity index (χ4n) is 1.52. The number of hydrogen-bond donors (Lipinski definition) is 1. The third-order valence-electron chi connectivity index (χ3n) is 2.74. The van der Waals surface area contributed by atoms with E-state index in [-0.39, 0.29) is 0 Å². The average Bonchev–Trinajstić information content (AvgIpc) is 2.26. The maximum Gasteiger partial charge on any atom is 0.0373 e. The van der Waals surface area contributed by atoms with Crippen LogP contribution in [-0.2, 0) is 0 Å². The van der Waals surface area contributed by atoms with Crippen molar-refractivity contribution in [1.29, 1.82) is 0 Å². The van der Waals surface area contributed by atoms with Gasteiger partial charge in [0.15, 0.2) is 0 Å². The normalized spacial score (nSPS) is 12.5. The molecule has 1 heterocycles. The molecule has 17 heavy (non-hydrogen) atoms. The molecule has 0 unspecified atom stereocenters. The third kappa shape index (κ3) is 5.14. The van der Waals surface area contributed by atoms with Crippen molar-refractivity contribution in [3.8, 4) is 0 Å². The van der Waals surface area contributed by atoms with Gasteiger partial charge in [0.2, 0.25) is 0 Å². The molecule has 0 aliphatic rings.